The normalized spacial score (nSPS) is 13.8. The molecule has 0 aromatic carbocycles. The van der Waals surface area contributed by atoms with E-state index in [4.69, 9.17) is 0 Å². The van der Waals surface area contributed by atoms with Crippen LogP contribution in [0.2, 0.25) is 0 Å². The largest absolute Gasteiger partial charge is 0.249 e. The molecule has 0 radical (unpaired) electrons. The minimum absolute atomic E-state index is 0.204. The van der Waals surface area contributed by atoms with E-state index in [0.29, 0.717) is 5.92 Å². The number of alkyl halides is 1. The molecule has 1 aromatic rings. The van der Waals surface area contributed by atoms with Gasteiger partial charge in [-0.15, -0.1) is 5.10 Å². The van der Waals surface area contributed by atoms with Crippen LogP contribution in [-0.2, 0) is 0 Å². The standard InChI is InChI=1S/C8H14FN3/c1-6(2)8-5-12(11-10-8)7(3)4-9/h5-7H,4H2,1-3H3/t7-/m1/s1. The minimum atomic E-state index is -0.402. The van der Waals surface area contributed by atoms with Crippen LogP contribution in [0.3, 0.4) is 0 Å². The van der Waals surface area contributed by atoms with Gasteiger partial charge < -0.3 is 0 Å². The van der Waals surface area contributed by atoms with Crippen molar-refractivity contribution in [2.75, 3.05) is 6.67 Å². The van der Waals surface area contributed by atoms with Crippen LogP contribution in [0.15, 0.2) is 6.20 Å². The van der Waals surface area contributed by atoms with Gasteiger partial charge in [0.1, 0.15) is 6.67 Å². The van der Waals surface area contributed by atoms with Crippen molar-refractivity contribution in [3.63, 3.8) is 0 Å². The molecule has 0 aliphatic heterocycles. The molecule has 0 spiro atoms. The van der Waals surface area contributed by atoms with Gasteiger partial charge in [0.25, 0.3) is 0 Å². The Morgan fingerprint density at radius 3 is 2.58 bits per heavy atom. The lowest BCUT2D eigenvalue weighted by Gasteiger charge is -2.04. The summed E-state index contributed by atoms with van der Waals surface area (Å²) >= 11 is 0. The summed E-state index contributed by atoms with van der Waals surface area (Å²) in [4.78, 5) is 0. The van der Waals surface area contributed by atoms with Crippen molar-refractivity contribution in [2.45, 2.75) is 32.7 Å². The second-order valence-corrected chi connectivity index (χ2v) is 3.28. The summed E-state index contributed by atoms with van der Waals surface area (Å²) in [6, 6.07) is -0.204. The van der Waals surface area contributed by atoms with Crippen molar-refractivity contribution < 1.29 is 4.39 Å². The summed E-state index contributed by atoms with van der Waals surface area (Å²) in [6.07, 6.45) is 1.80. The Morgan fingerprint density at radius 2 is 2.17 bits per heavy atom. The molecule has 4 heteroatoms. The first-order valence-electron chi connectivity index (χ1n) is 4.12. The van der Waals surface area contributed by atoms with Crippen molar-refractivity contribution in [1.82, 2.24) is 15.0 Å². The van der Waals surface area contributed by atoms with Crippen LogP contribution in [0.25, 0.3) is 0 Å². The van der Waals surface area contributed by atoms with E-state index in [2.05, 4.69) is 10.3 Å². The molecule has 0 bridgehead atoms. The average Bonchev–Trinajstić information content (AvgIpc) is 2.51. The average molecular weight is 171 g/mol. The van der Waals surface area contributed by atoms with Gasteiger partial charge in [0, 0.05) is 6.20 Å². The maximum atomic E-state index is 12.2. The van der Waals surface area contributed by atoms with E-state index in [1.807, 2.05) is 13.8 Å². The van der Waals surface area contributed by atoms with Crippen LogP contribution >= 0.6 is 0 Å². The second-order valence-electron chi connectivity index (χ2n) is 3.28. The van der Waals surface area contributed by atoms with Crippen molar-refractivity contribution in [2.24, 2.45) is 0 Å². The molecule has 0 unspecified atom stereocenters. The van der Waals surface area contributed by atoms with Crippen molar-refractivity contribution in [3.8, 4) is 0 Å². The molecular formula is C8H14FN3. The minimum Gasteiger partial charge on any atom is -0.249 e. The molecule has 68 valence electrons. The van der Waals surface area contributed by atoms with Crippen LogP contribution in [0.4, 0.5) is 4.39 Å². The molecule has 0 aliphatic rings. The predicted molar refractivity (Wildman–Crippen MR) is 44.8 cm³/mol. The topological polar surface area (TPSA) is 30.7 Å². The van der Waals surface area contributed by atoms with E-state index >= 15 is 0 Å². The van der Waals surface area contributed by atoms with Crippen molar-refractivity contribution in [3.05, 3.63) is 11.9 Å². The molecule has 0 fully saturated rings. The van der Waals surface area contributed by atoms with Gasteiger partial charge in [-0.25, -0.2) is 9.07 Å². The van der Waals surface area contributed by atoms with Gasteiger partial charge >= 0.3 is 0 Å². The summed E-state index contributed by atoms with van der Waals surface area (Å²) in [5.74, 6) is 0.352. The number of hydrogen-bond donors (Lipinski definition) is 0. The highest BCUT2D eigenvalue weighted by Crippen LogP contribution is 2.12. The summed E-state index contributed by atoms with van der Waals surface area (Å²) in [5.41, 5.74) is 0.912. The number of aromatic nitrogens is 3. The zero-order chi connectivity index (χ0) is 9.14. The molecule has 0 saturated heterocycles. The fraction of sp³-hybridized carbons (Fsp3) is 0.750. The molecular weight excluding hydrogens is 157 g/mol. The van der Waals surface area contributed by atoms with Gasteiger partial charge in [-0.2, -0.15) is 0 Å². The SMILES string of the molecule is CC(C)c1cn([C@H](C)CF)nn1. The molecule has 0 aliphatic carbocycles. The highest BCUT2D eigenvalue weighted by atomic mass is 19.1. The Bertz CT molecular complexity index is 244. The van der Waals surface area contributed by atoms with Crippen LogP contribution in [0.1, 0.15) is 38.4 Å². The fourth-order valence-corrected chi connectivity index (χ4v) is 0.841. The Balaban J connectivity index is 2.77. The van der Waals surface area contributed by atoms with E-state index in [0.717, 1.165) is 5.69 Å². The van der Waals surface area contributed by atoms with Crippen molar-refractivity contribution in [1.29, 1.82) is 0 Å². The van der Waals surface area contributed by atoms with Gasteiger partial charge in [0.2, 0.25) is 0 Å². The summed E-state index contributed by atoms with van der Waals surface area (Å²) < 4.78 is 13.8. The zero-order valence-corrected chi connectivity index (χ0v) is 7.66. The van der Waals surface area contributed by atoms with Gasteiger partial charge in [-0.3, -0.25) is 0 Å². The molecule has 0 amide bonds. The molecule has 12 heavy (non-hydrogen) atoms. The van der Waals surface area contributed by atoms with Crippen molar-refractivity contribution >= 4 is 0 Å². The molecule has 3 nitrogen and oxygen atoms in total. The van der Waals surface area contributed by atoms with E-state index in [-0.39, 0.29) is 6.04 Å². The quantitative estimate of drug-likeness (QED) is 0.695. The van der Waals surface area contributed by atoms with Crippen LogP contribution in [0, 0.1) is 0 Å². The Morgan fingerprint density at radius 1 is 1.50 bits per heavy atom. The lowest BCUT2D eigenvalue weighted by atomic mass is 10.2. The monoisotopic (exact) mass is 171 g/mol. The number of hydrogen-bond acceptors (Lipinski definition) is 2. The molecule has 1 heterocycles. The fourth-order valence-electron chi connectivity index (χ4n) is 0.841. The third-order valence-electron chi connectivity index (χ3n) is 1.79. The molecule has 1 rings (SSSR count). The summed E-state index contributed by atoms with van der Waals surface area (Å²) in [7, 11) is 0. The van der Waals surface area contributed by atoms with Crippen LogP contribution in [-0.4, -0.2) is 21.7 Å². The maximum absolute atomic E-state index is 12.2. The summed E-state index contributed by atoms with van der Waals surface area (Å²) in [5, 5.41) is 7.77. The first-order chi connectivity index (χ1) is 5.65. The first kappa shape index (κ1) is 9.16. The van der Waals surface area contributed by atoms with Gasteiger partial charge in [0.15, 0.2) is 0 Å². The third-order valence-corrected chi connectivity index (χ3v) is 1.79. The van der Waals surface area contributed by atoms with E-state index < -0.39 is 6.67 Å². The lowest BCUT2D eigenvalue weighted by molar-refractivity contribution is 0.351. The highest BCUT2D eigenvalue weighted by molar-refractivity contribution is 4.98. The second kappa shape index (κ2) is 3.65. The molecule has 1 aromatic heterocycles. The van der Waals surface area contributed by atoms with Crippen LogP contribution < -0.4 is 0 Å². The molecule has 1 atom stereocenters. The van der Waals surface area contributed by atoms with Gasteiger partial charge in [-0.1, -0.05) is 19.1 Å². The third kappa shape index (κ3) is 1.81. The number of rotatable bonds is 3. The zero-order valence-electron chi connectivity index (χ0n) is 7.66. The van der Waals surface area contributed by atoms with Gasteiger partial charge in [0.05, 0.1) is 11.7 Å². The molecule has 0 N–H and O–H groups in total. The molecule has 0 saturated carbocycles. The first-order valence-corrected chi connectivity index (χ1v) is 4.12. The number of nitrogens with zero attached hydrogens (tertiary/aromatic N) is 3. The Kier molecular flexibility index (Phi) is 2.78. The lowest BCUT2D eigenvalue weighted by Crippen LogP contribution is -2.07. The maximum Gasteiger partial charge on any atom is 0.112 e. The number of halogens is 1. The summed E-state index contributed by atoms with van der Waals surface area (Å²) in [6.45, 7) is 5.45. The highest BCUT2D eigenvalue weighted by Gasteiger charge is 2.08. The van der Waals surface area contributed by atoms with Crippen LogP contribution in [0.5, 0.6) is 0 Å². The Labute approximate surface area is 71.6 Å². The van der Waals surface area contributed by atoms with E-state index in [1.165, 1.54) is 0 Å². The van der Waals surface area contributed by atoms with Gasteiger partial charge in [-0.05, 0) is 12.8 Å². The smallest absolute Gasteiger partial charge is 0.112 e. The van der Waals surface area contributed by atoms with E-state index in [9.17, 15) is 4.39 Å². The van der Waals surface area contributed by atoms with E-state index in [1.54, 1.807) is 17.8 Å². The Hall–Kier alpha value is -0.930. The predicted octanol–water partition coefficient (Wildman–Crippen LogP) is 1.93.